The molecule has 1 rings (SSSR count). The van der Waals surface area contributed by atoms with E-state index in [1.807, 2.05) is 25.1 Å². The van der Waals surface area contributed by atoms with E-state index in [1.165, 1.54) is 5.56 Å². The molecule has 13 heavy (non-hydrogen) atoms. The van der Waals surface area contributed by atoms with Gasteiger partial charge in [-0.05, 0) is 37.1 Å². The summed E-state index contributed by atoms with van der Waals surface area (Å²) in [6.45, 7) is 4.17. The lowest BCUT2D eigenvalue weighted by Crippen LogP contribution is -2.10. The Kier molecular flexibility index (Phi) is 4.07. The predicted octanol–water partition coefficient (Wildman–Crippen LogP) is 4.19. The van der Waals surface area contributed by atoms with Crippen molar-refractivity contribution < 1.29 is 0 Å². The summed E-state index contributed by atoms with van der Waals surface area (Å²) in [7, 11) is 0. The van der Waals surface area contributed by atoms with Crippen LogP contribution in [-0.4, -0.2) is 4.95 Å². The molecule has 0 saturated carbocycles. The zero-order valence-corrected chi connectivity index (χ0v) is 10.1. The number of hydrogen-bond acceptors (Lipinski definition) is 1. The summed E-state index contributed by atoms with van der Waals surface area (Å²) in [5.74, 6) is 0. The summed E-state index contributed by atoms with van der Waals surface area (Å²) >= 11 is 9.37. The molecule has 1 N–H and O–H groups in total. The molecule has 0 spiro atoms. The van der Waals surface area contributed by atoms with Gasteiger partial charge in [-0.15, -0.1) is 0 Å². The first-order chi connectivity index (χ1) is 6.13. The zero-order valence-electron chi connectivity index (χ0n) is 7.77. The molecule has 0 aliphatic carbocycles. The second-order valence-corrected chi connectivity index (χ2v) is 4.52. The normalized spacial score (nSPS) is 12.6. The van der Waals surface area contributed by atoms with E-state index in [0.717, 1.165) is 17.1 Å². The number of benzene rings is 1. The van der Waals surface area contributed by atoms with Crippen LogP contribution in [0.1, 0.15) is 18.9 Å². The lowest BCUT2D eigenvalue weighted by Gasteiger charge is -2.13. The van der Waals surface area contributed by atoms with Crippen molar-refractivity contribution in [1.29, 1.82) is 0 Å². The number of halogens is 2. The number of nitrogens with one attached hydrogen (secondary N) is 1. The molecule has 1 aromatic rings. The minimum atomic E-state index is 0.326. The minimum absolute atomic E-state index is 0.326. The quantitative estimate of drug-likeness (QED) is 0.636. The topological polar surface area (TPSA) is 12.0 Å². The van der Waals surface area contributed by atoms with Crippen LogP contribution < -0.4 is 5.32 Å². The predicted molar refractivity (Wildman–Crippen MR) is 62.8 cm³/mol. The third-order valence-electron chi connectivity index (χ3n) is 1.86. The average Bonchev–Trinajstić information content (AvgIpc) is 2.09. The molecule has 1 atom stereocenters. The molecule has 0 aliphatic rings. The summed E-state index contributed by atoms with van der Waals surface area (Å²) in [4.78, 5) is 0.326. The summed E-state index contributed by atoms with van der Waals surface area (Å²) < 4.78 is 0. The molecule has 0 heterocycles. The van der Waals surface area contributed by atoms with Gasteiger partial charge in [0.2, 0.25) is 0 Å². The van der Waals surface area contributed by atoms with Crippen LogP contribution in [0.5, 0.6) is 0 Å². The Labute approximate surface area is 92.6 Å². The van der Waals surface area contributed by atoms with Gasteiger partial charge in [0.25, 0.3) is 0 Å². The molecule has 0 radical (unpaired) electrons. The molecule has 0 bridgehead atoms. The van der Waals surface area contributed by atoms with Crippen molar-refractivity contribution in [2.24, 2.45) is 0 Å². The van der Waals surface area contributed by atoms with Gasteiger partial charge >= 0.3 is 0 Å². The highest BCUT2D eigenvalue weighted by molar-refractivity contribution is 9.09. The Morgan fingerprint density at radius 2 is 2.23 bits per heavy atom. The third kappa shape index (κ3) is 3.20. The van der Waals surface area contributed by atoms with Gasteiger partial charge in [-0.3, -0.25) is 0 Å². The van der Waals surface area contributed by atoms with E-state index in [4.69, 9.17) is 11.6 Å². The van der Waals surface area contributed by atoms with Crippen LogP contribution in [0.2, 0.25) is 5.02 Å². The van der Waals surface area contributed by atoms with Crippen molar-refractivity contribution in [1.82, 2.24) is 0 Å². The lowest BCUT2D eigenvalue weighted by atomic mass is 10.2. The van der Waals surface area contributed by atoms with E-state index < -0.39 is 0 Å². The first-order valence-electron chi connectivity index (χ1n) is 4.30. The highest BCUT2D eigenvalue weighted by atomic mass is 79.9. The van der Waals surface area contributed by atoms with E-state index >= 15 is 0 Å². The molecule has 0 fully saturated rings. The smallest absolute Gasteiger partial charge is 0.0815 e. The van der Waals surface area contributed by atoms with Crippen molar-refractivity contribution in [2.45, 2.75) is 25.2 Å². The molecule has 0 aliphatic heterocycles. The monoisotopic (exact) mass is 261 g/mol. The fourth-order valence-corrected chi connectivity index (χ4v) is 1.53. The molecule has 1 nitrogen and oxygen atoms in total. The highest BCUT2D eigenvalue weighted by Crippen LogP contribution is 2.21. The molecular formula is C10H13BrClN. The Bertz CT molecular complexity index is 288. The average molecular weight is 263 g/mol. The zero-order chi connectivity index (χ0) is 9.84. The van der Waals surface area contributed by atoms with Crippen LogP contribution in [0, 0.1) is 6.92 Å². The molecule has 0 aromatic heterocycles. The van der Waals surface area contributed by atoms with Crippen molar-refractivity contribution in [2.75, 3.05) is 5.32 Å². The van der Waals surface area contributed by atoms with Crippen LogP contribution >= 0.6 is 27.5 Å². The summed E-state index contributed by atoms with van der Waals surface area (Å²) in [5.41, 5.74) is 2.30. The van der Waals surface area contributed by atoms with E-state index in [1.54, 1.807) is 0 Å². The van der Waals surface area contributed by atoms with E-state index in [-0.39, 0.29) is 0 Å². The third-order valence-corrected chi connectivity index (χ3v) is 2.97. The Morgan fingerprint density at radius 3 is 2.77 bits per heavy atom. The van der Waals surface area contributed by atoms with Gasteiger partial charge in [-0.25, -0.2) is 0 Å². The van der Waals surface area contributed by atoms with E-state index in [0.29, 0.717) is 4.95 Å². The largest absolute Gasteiger partial charge is 0.373 e. The van der Waals surface area contributed by atoms with E-state index in [9.17, 15) is 0 Å². The van der Waals surface area contributed by atoms with Crippen LogP contribution in [0.25, 0.3) is 0 Å². The molecule has 0 saturated heterocycles. The second kappa shape index (κ2) is 4.87. The fourth-order valence-electron chi connectivity index (χ4n) is 1.06. The van der Waals surface area contributed by atoms with Crippen LogP contribution in [0.15, 0.2) is 18.2 Å². The summed E-state index contributed by atoms with van der Waals surface area (Å²) in [6.07, 6.45) is 1.04. The Balaban J connectivity index is 2.77. The van der Waals surface area contributed by atoms with E-state index in [2.05, 4.69) is 28.2 Å². The van der Waals surface area contributed by atoms with Gasteiger partial charge in [0.1, 0.15) is 0 Å². The number of rotatable bonds is 3. The van der Waals surface area contributed by atoms with Crippen LogP contribution in [0.3, 0.4) is 0 Å². The Hall–Kier alpha value is -0.210. The highest BCUT2D eigenvalue weighted by Gasteiger charge is 2.02. The fraction of sp³-hybridized carbons (Fsp3) is 0.400. The van der Waals surface area contributed by atoms with Gasteiger partial charge in [-0.2, -0.15) is 0 Å². The molecule has 1 aromatic carbocycles. The first kappa shape index (κ1) is 10.9. The maximum atomic E-state index is 5.85. The van der Waals surface area contributed by atoms with Gasteiger partial charge in [0.05, 0.1) is 4.95 Å². The number of alkyl halides is 1. The second-order valence-electron chi connectivity index (χ2n) is 2.98. The lowest BCUT2D eigenvalue weighted by molar-refractivity contribution is 0.932. The number of aryl methyl sites for hydroxylation is 1. The van der Waals surface area contributed by atoms with Gasteiger partial charge in [-0.1, -0.05) is 34.5 Å². The minimum Gasteiger partial charge on any atom is -0.373 e. The summed E-state index contributed by atoms with van der Waals surface area (Å²) in [5, 5.41) is 4.13. The van der Waals surface area contributed by atoms with Crippen molar-refractivity contribution in [3.05, 3.63) is 28.8 Å². The SMILES string of the molecule is CCC(Br)Nc1ccc(Cl)cc1C. The summed E-state index contributed by atoms with van der Waals surface area (Å²) in [6, 6.07) is 5.85. The standard InChI is InChI=1S/C10H13BrClN/c1-3-10(11)13-9-5-4-8(12)6-7(9)2/h4-6,10,13H,3H2,1-2H3. The molecular weight excluding hydrogens is 249 g/mol. The van der Waals surface area contributed by atoms with Gasteiger partial charge in [0.15, 0.2) is 0 Å². The van der Waals surface area contributed by atoms with Crippen molar-refractivity contribution in [3.8, 4) is 0 Å². The van der Waals surface area contributed by atoms with Crippen LogP contribution in [0.4, 0.5) is 5.69 Å². The number of hydrogen-bond donors (Lipinski definition) is 1. The van der Waals surface area contributed by atoms with Crippen LogP contribution in [-0.2, 0) is 0 Å². The van der Waals surface area contributed by atoms with Gasteiger partial charge < -0.3 is 5.32 Å². The van der Waals surface area contributed by atoms with Crippen molar-refractivity contribution in [3.63, 3.8) is 0 Å². The molecule has 1 unspecified atom stereocenters. The maximum Gasteiger partial charge on any atom is 0.0815 e. The molecule has 3 heteroatoms. The van der Waals surface area contributed by atoms with Gasteiger partial charge in [0, 0.05) is 10.7 Å². The Morgan fingerprint density at radius 1 is 1.54 bits per heavy atom. The molecule has 0 amide bonds. The number of anilines is 1. The maximum absolute atomic E-state index is 5.85. The first-order valence-corrected chi connectivity index (χ1v) is 5.59. The molecule has 72 valence electrons. The van der Waals surface area contributed by atoms with Crippen molar-refractivity contribution >= 4 is 33.2 Å².